The van der Waals surface area contributed by atoms with Crippen molar-refractivity contribution in [3.63, 3.8) is 0 Å². The minimum Gasteiger partial charge on any atom is -0.372 e. The molecule has 2 aliphatic heterocycles. The highest BCUT2D eigenvalue weighted by Crippen LogP contribution is 2.35. The molecule has 0 saturated carbocycles. The number of rotatable bonds is 2. The van der Waals surface area contributed by atoms with Crippen LogP contribution in [0.4, 0.5) is 0 Å². The van der Waals surface area contributed by atoms with E-state index in [0.717, 1.165) is 45.4 Å². The molecule has 2 atom stereocenters. The van der Waals surface area contributed by atoms with E-state index >= 15 is 0 Å². The number of nitrogens with zero attached hydrogens (tertiary/aromatic N) is 1. The Kier molecular flexibility index (Phi) is 4.28. The maximum atomic E-state index is 12.8. The van der Waals surface area contributed by atoms with Crippen LogP contribution in [0.2, 0.25) is 0 Å². The highest BCUT2D eigenvalue weighted by atomic mass is 16.5. The summed E-state index contributed by atoms with van der Waals surface area (Å²) in [5.41, 5.74) is -0.123. The first-order valence-electron chi connectivity index (χ1n) is 7.23. The number of piperidine rings is 1. The summed E-state index contributed by atoms with van der Waals surface area (Å²) in [5, 5.41) is 3.35. The van der Waals surface area contributed by atoms with Gasteiger partial charge in [0.05, 0.1) is 17.6 Å². The number of hydrogen-bond donors (Lipinski definition) is 1. The average molecular weight is 254 g/mol. The highest BCUT2D eigenvalue weighted by molar-refractivity contribution is 5.83. The number of amides is 1. The van der Waals surface area contributed by atoms with Crippen molar-refractivity contribution in [2.75, 3.05) is 26.2 Å². The first kappa shape index (κ1) is 13.8. The molecule has 0 spiro atoms. The van der Waals surface area contributed by atoms with Crippen LogP contribution in [0.5, 0.6) is 0 Å². The van der Waals surface area contributed by atoms with Crippen LogP contribution in [-0.2, 0) is 9.53 Å². The predicted octanol–water partition coefficient (Wildman–Crippen LogP) is 1.40. The van der Waals surface area contributed by atoms with Crippen LogP contribution in [-0.4, -0.2) is 49.2 Å². The lowest BCUT2D eigenvalue weighted by Crippen LogP contribution is -2.55. The lowest BCUT2D eigenvalue weighted by Gasteiger charge is -2.43. The van der Waals surface area contributed by atoms with Gasteiger partial charge in [-0.1, -0.05) is 6.92 Å². The number of ether oxygens (including phenoxy) is 1. The molecule has 1 amide bonds. The molecule has 0 aliphatic carbocycles. The van der Waals surface area contributed by atoms with E-state index in [1.165, 1.54) is 0 Å². The van der Waals surface area contributed by atoms with Crippen molar-refractivity contribution in [2.45, 2.75) is 52.2 Å². The van der Waals surface area contributed by atoms with Gasteiger partial charge in [-0.3, -0.25) is 4.79 Å². The van der Waals surface area contributed by atoms with Crippen molar-refractivity contribution in [3.05, 3.63) is 0 Å². The van der Waals surface area contributed by atoms with E-state index < -0.39 is 0 Å². The van der Waals surface area contributed by atoms with Gasteiger partial charge in [0.25, 0.3) is 0 Å². The Morgan fingerprint density at radius 3 is 2.33 bits per heavy atom. The second-order valence-electron chi connectivity index (χ2n) is 5.85. The summed E-state index contributed by atoms with van der Waals surface area (Å²) in [6, 6.07) is 0. The van der Waals surface area contributed by atoms with Crippen LogP contribution in [0.25, 0.3) is 0 Å². The van der Waals surface area contributed by atoms with Gasteiger partial charge in [-0.05, 0) is 46.2 Å². The quantitative estimate of drug-likeness (QED) is 0.810. The molecule has 1 N–H and O–H groups in total. The third-order valence-corrected chi connectivity index (χ3v) is 4.40. The van der Waals surface area contributed by atoms with Gasteiger partial charge < -0.3 is 15.0 Å². The number of hydrogen-bond acceptors (Lipinski definition) is 3. The van der Waals surface area contributed by atoms with E-state index in [2.05, 4.69) is 26.1 Å². The van der Waals surface area contributed by atoms with Gasteiger partial charge in [-0.15, -0.1) is 0 Å². The Balaban J connectivity index is 2.08. The third kappa shape index (κ3) is 2.69. The Morgan fingerprint density at radius 2 is 1.83 bits per heavy atom. The van der Waals surface area contributed by atoms with Crippen LogP contribution in [0.15, 0.2) is 0 Å². The molecule has 2 rings (SSSR count). The van der Waals surface area contributed by atoms with E-state index in [9.17, 15) is 4.79 Å². The Hall–Kier alpha value is -0.610. The summed E-state index contributed by atoms with van der Waals surface area (Å²) >= 11 is 0. The second kappa shape index (κ2) is 5.57. The van der Waals surface area contributed by atoms with Gasteiger partial charge in [0, 0.05) is 13.1 Å². The molecule has 0 aromatic carbocycles. The van der Waals surface area contributed by atoms with Crippen molar-refractivity contribution in [3.8, 4) is 0 Å². The zero-order valence-electron chi connectivity index (χ0n) is 11.9. The minimum atomic E-state index is -0.123. The van der Waals surface area contributed by atoms with E-state index in [0.29, 0.717) is 5.91 Å². The minimum absolute atomic E-state index is 0.123. The fourth-order valence-corrected chi connectivity index (χ4v) is 3.30. The summed E-state index contributed by atoms with van der Waals surface area (Å²) in [6.07, 6.45) is 3.22. The number of nitrogens with one attached hydrogen (secondary N) is 1. The molecule has 2 heterocycles. The van der Waals surface area contributed by atoms with Crippen molar-refractivity contribution < 1.29 is 9.53 Å². The van der Waals surface area contributed by atoms with Crippen LogP contribution >= 0.6 is 0 Å². The van der Waals surface area contributed by atoms with E-state index in [4.69, 9.17) is 4.74 Å². The second-order valence-corrected chi connectivity index (χ2v) is 5.85. The molecule has 0 aromatic rings. The van der Waals surface area contributed by atoms with Crippen molar-refractivity contribution in [2.24, 2.45) is 5.41 Å². The zero-order chi connectivity index (χ0) is 13.2. The SMILES string of the molecule is CCC1(C(=O)N2CC(C)OC(C)C2)CCNCC1. The molecule has 2 aliphatic rings. The summed E-state index contributed by atoms with van der Waals surface area (Å²) in [5.74, 6) is 0.355. The molecule has 4 heteroatoms. The van der Waals surface area contributed by atoms with Gasteiger partial charge in [-0.2, -0.15) is 0 Å². The standard InChI is InChI=1S/C14H26N2O2/c1-4-14(5-7-15-8-6-14)13(17)16-9-11(2)18-12(3)10-16/h11-12,15H,4-10H2,1-3H3. The smallest absolute Gasteiger partial charge is 0.229 e. The Bertz CT molecular complexity index is 290. The molecular formula is C14H26N2O2. The fraction of sp³-hybridized carbons (Fsp3) is 0.929. The van der Waals surface area contributed by atoms with Crippen LogP contribution in [0.1, 0.15) is 40.0 Å². The lowest BCUT2D eigenvalue weighted by atomic mass is 9.75. The van der Waals surface area contributed by atoms with Gasteiger partial charge in [0.15, 0.2) is 0 Å². The maximum Gasteiger partial charge on any atom is 0.229 e. The molecule has 2 fully saturated rings. The van der Waals surface area contributed by atoms with Crippen LogP contribution in [0.3, 0.4) is 0 Å². The summed E-state index contributed by atoms with van der Waals surface area (Å²) < 4.78 is 5.71. The molecule has 0 bridgehead atoms. The van der Waals surface area contributed by atoms with Crippen LogP contribution in [0, 0.1) is 5.41 Å². The number of carbonyl (C=O) groups excluding carboxylic acids is 1. The first-order chi connectivity index (χ1) is 8.57. The molecular weight excluding hydrogens is 228 g/mol. The predicted molar refractivity (Wildman–Crippen MR) is 71.4 cm³/mol. The number of morpholine rings is 1. The first-order valence-corrected chi connectivity index (χ1v) is 7.23. The van der Waals surface area contributed by atoms with Gasteiger partial charge in [-0.25, -0.2) is 0 Å². The normalized spacial score (nSPS) is 32.3. The van der Waals surface area contributed by atoms with Crippen molar-refractivity contribution >= 4 is 5.91 Å². The molecule has 4 nitrogen and oxygen atoms in total. The van der Waals surface area contributed by atoms with Crippen LogP contribution < -0.4 is 5.32 Å². The molecule has 18 heavy (non-hydrogen) atoms. The average Bonchev–Trinajstić information content (AvgIpc) is 2.37. The number of carbonyl (C=O) groups is 1. The third-order valence-electron chi connectivity index (χ3n) is 4.40. The molecule has 0 radical (unpaired) electrons. The molecule has 104 valence electrons. The summed E-state index contributed by atoms with van der Waals surface area (Å²) in [7, 11) is 0. The topological polar surface area (TPSA) is 41.6 Å². The highest BCUT2D eigenvalue weighted by Gasteiger charge is 2.42. The largest absolute Gasteiger partial charge is 0.372 e. The molecule has 0 aromatic heterocycles. The Labute approximate surface area is 110 Å². The van der Waals surface area contributed by atoms with Gasteiger partial charge in [0.2, 0.25) is 5.91 Å². The lowest BCUT2D eigenvalue weighted by molar-refractivity contribution is -0.155. The summed E-state index contributed by atoms with van der Waals surface area (Å²) in [6.45, 7) is 9.69. The molecule has 2 saturated heterocycles. The fourth-order valence-electron chi connectivity index (χ4n) is 3.30. The van der Waals surface area contributed by atoms with Gasteiger partial charge in [0.1, 0.15) is 0 Å². The molecule has 2 unspecified atom stereocenters. The van der Waals surface area contributed by atoms with E-state index in [1.807, 2.05) is 4.90 Å². The van der Waals surface area contributed by atoms with E-state index in [-0.39, 0.29) is 17.6 Å². The van der Waals surface area contributed by atoms with Crippen molar-refractivity contribution in [1.82, 2.24) is 10.2 Å². The van der Waals surface area contributed by atoms with Crippen molar-refractivity contribution in [1.29, 1.82) is 0 Å². The maximum absolute atomic E-state index is 12.8. The summed E-state index contributed by atoms with van der Waals surface area (Å²) in [4.78, 5) is 14.9. The zero-order valence-corrected chi connectivity index (χ0v) is 11.9. The van der Waals surface area contributed by atoms with Gasteiger partial charge >= 0.3 is 0 Å². The monoisotopic (exact) mass is 254 g/mol. The Morgan fingerprint density at radius 1 is 1.28 bits per heavy atom. The van der Waals surface area contributed by atoms with E-state index in [1.54, 1.807) is 0 Å².